The van der Waals surface area contributed by atoms with Gasteiger partial charge in [0.15, 0.2) is 0 Å². The predicted octanol–water partition coefficient (Wildman–Crippen LogP) is 1.18. The molecule has 0 fully saturated rings. The van der Waals surface area contributed by atoms with Crippen LogP contribution in [0.5, 0.6) is 0 Å². The molecule has 19 heavy (non-hydrogen) atoms. The lowest BCUT2D eigenvalue weighted by Crippen LogP contribution is -2.52. The Morgan fingerprint density at radius 3 is 2.47 bits per heavy atom. The Kier molecular flexibility index (Phi) is 8.84. The Hall–Kier alpha value is -0.750. The summed E-state index contributed by atoms with van der Waals surface area (Å²) < 4.78 is 4.82. The molecule has 0 aliphatic heterocycles. The fraction of sp³-hybridized carbons (Fsp3) is 0.846. The van der Waals surface area contributed by atoms with Crippen molar-refractivity contribution in [1.82, 2.24) is 10.6 Å². The number of ether oxygens (including phenoxy) is 1. The van der Waals surface area contributed by atoms with Gasteiger partial charge in [-0.2, -0.15) is 0 Å². The molecule has 0 aliphatic carbocycles. The van der Waals surface area contributed by atoms with E-state index < -0.39 is 5.54 Å². The largest absolute Gasteiger partial charge is 0.468 e. The zero-order valence-corrected chi connectivity index (χ0v) is 13.4. The lowest BCUT2D eigenvalue weighted by molar-refractivity contribution is -0.146. The van der Waals surface area contributed by atoms with Gasteiger partial charge in [-0.1, -0.05) is 6.92 Å². The summed E-state index contributed by atoms with van der Waals surface area (Å²) in [5.41, 5.74) is -0.743. The van der Waals surface area contributed by atoms with Gasteiger partial charge in [-0.15, -0.1) is 11.8 Å². The van der Waals surface area contributed by atoms with Crippen molar-refractivity contribution >= 4 is 23.6 Å². The molecule has 0 aromatic heterocycles. The van der Waals surface area contributed by atoms with Crippen LogP contribution < -0.4 is 10.6 Å². The van der Waals surface area contributed by atoms with Gasteiger partial charge in [0.25, 0.3) is 0 Å². The fourth-order valence-corrected chi connectivity index (χ4v) is 2.52. The lowest BCUT2D eigenvalue weighted by Gasteiger charge is -2.27. The molecule has 112 valence electrons. The Balaban J connectivity index is 4.27. The number of carbonyl (C=O) groups excluding carboxylic acids is 2. The van der Waals surface area contributed by atoms with Crippen LogP contribution in [0.15, 0.2) is 0 Å². The second-order valence-electron chi connectivity index (χ2n) is 4.97. The Morgan fingerprint density at radius 1 is 1.37 bits per heavy atom. The minimum Gasteiger partial charge on any atom is -0.468 e. The molecule has 1 amide bonds. The van der Waals surface area contributed by atoms with Gasteiger partial charge >= 0.3 is 5.97 Å². The van der Waals surface area contributed by atoms with Crippen LogP contribution in [0.1, 0.15) is 34.1 Å². The maximum Gasteiger partial charge on any atom is 0.326 e. The van der Waals surface area contributed by atoms with E-state index in [1.54, 1.807) is 0 Å². The average Bonchev–Trinajstić information content (AvgIpc) is 2.34. The van der Waals surface area contributed by atoms with Crippen LogP contribution >= 0.6 is 11.8 Å². The molecule has 0 spiro atoms. The number of hydrogen-bond acceptors (Lipinski definition) is 5. The third-order valence-corrected chi connectivity index (χ3v) is 3.72. The first kappa shape index (κ1) is 18.2. The zero-order chi connectivity index (χ0) is 14.9. The first-order valence-electron chi connectivity index (χ1n) is 6.56. The van der Waals surface area contributed by atoms with Crippen LogP contribution in [-0.2, 0) is 14.3 Å². The lowest BCUT2D eigenvalue weighted by atomic mass is 10.1. The Bertz CT molecular complexity index is 298. The van der Waals surface area contributed by atoms with Crippen LogP contribution in [0.25, 0.3) is 0 Å². The molecule has 0 radical (unpaired) electrons. The van der Waals surface area contributed by atoms with Crippen molar-refractivity contribution in [1.29, 1.82) is 0 Å². The number of rotatable bonds is 9. The van der Waals surface area contributed by atoms with E-state index in [1.165, 1.54) is 18.9 Å². The van der Waals surface area contributed by atoms with E-state index in [0.717, 1.165) is 13.0 Å². The highest BCUT2D eigenvalue weighted by Crippen LogP contribution is 2.15. The third-order valence-electron chi connectivity index (χ3n) is 2.47. The summed E-state index contributed by atoms with van der Waals surface area (Å²) in [5.74, 6) is 0.546. The van der Waals surface area contributed by atoms with Gasteiger partial charge in [0.2, 0.25) is 5.91 Å². The number of amides is 1. The van der Waals surface area contributed by atoms with Gasteiger partial charge < -0.3 is 15.4 Å². The standard InChI is InChI=1S/C13H26N2O3S/c1-6-7-14-13(4,12(17)18-5)9-19-8-11(16)15-10(2)3/h10,14H,6-9H2,1-5H3,(H,15,16). The summed E-state index contributed by atoms with van der Waals surface area (Å²) in [7, 11) is 1.38. The number of hydrogen-bond donors (Lipinski definition) is 2. The third kappa shape index (κ3) is 7.42. The number of thioether (sulfide) groups is 1. The van der Waals surface area contributed by atoms with E-state index in [-0.39, 0.29) is 17.9 Å². The molecule has 0 rings (SSSR count). The summed E-state index contributed by atoms with van der Waals surface area (Å²) in [5, 5.41) is 6.00. The minimum atomic E-state index is -0.743. The van der Waals surface area contributed by atoms with Gasteiger partial charge in [0.1, 0.15) is 5.54 Å². The van der Waals surface area contributed by atoms with Gasteiger partial charge in [-0.25, -0.2) is 0 Å². The maximum atomic E-state index is 11.8. The molecule has 0 aromatic carbocycles. The number of methoxy groups -OCH3 is 1. The quantitative estimate of drug-likeness (QED) is 0.624. The molecule has 0 aliphatic rings. The monoisotopic (exact) mass is 290 g/mol. The van der Waals surface area contributed by atoms with E-state index in [2.05, 4.69) is 10.6 Å². The maximum absolute atomic E-state index is 11.8. The van der Waals surface area contributed by atoms with E-state index in [0.29, 0.717) is 11.5 Å². The molecular weight excluding hydrogens is 264 g/mol. The normalized spacial score (nSPS) is 14.0. The number of carbonyl (C=O) groups is 2. The van der Waals surface area contributed by atoms with Crippen LogP contribution in [0, 0.1) is 0 Å². The molecule has 5 nitrogen and oxygen atoms in total. The highest BCUT2D eigenvalue weighted by Gasteiger charge is 2.33. The van der Waals surface area contributed by atoms with Crippen molar-refractivity contribution < 1.29 is 14.3 Å². The predicted molar refractivity (Wildman–Crippen MR) is 79.3 cm³/mol. The second-order valence-corrected chi connectivity index (χ2v) is 5.95. The van der Waals surface area contributed by atoms with E-state index in [4.69, 9.17) is 4.74 Å². The highest BCUT2D eigenvalue weighted by molar-refractivity contribution is 8.00. The van der Waals surface area contributed by atoms with Gasteiger partial charge in [-0.3, -0.25) is 9.59 Å². The zero-order valence-electron chi connectivity index (χ0n) is 12.5. The highest BCUT2D eigenvalue weighted by atomic mass is 32.2. The summed E-state index contributed by atoms with van der Waals surface area (Å²) >= 11 is 1.43. The second kappa shape index (κ2) is 9.20. The molecule has 2 N–H and O–H groups in total. The number of esters is 1. The van der Waals surface area contributed by atoms with Crippen molar-refractivity contribution in [3.63, 3.8) is 0 Å². The first-order valence-corrected chi connectivity index (χ1v) is 7.71. The van der Waals surface area contributed by atoms with Crippen molar-refractivity contribution in [3.05, 3.63) is 0 Å². The van der Waals surface area contributed by atoms with Gasteiger partial charge in [-0.05, 0) is 33.7 Å². The van der Waals surface area contributed by atoms with Crippen molar-refractivity contribution in [2.75, 3.05) is 25.2 Å². The molecule has 0 aromatic rings. The smallest absolute Gasteiger partial charge is 0.326 e. The Labute approximate surface area is 120 Å². The first-order chi connectivity index (χ1) is 8.85. The average molecular weight is 290 g/mol. The van der Waals surface area contributed by atoms with Crippen molar-refractivity contribution in [2.45, 2.75) is 45.7 Å². The summed E-state index contributed by atoms with van der Waals surface area (Å²) in [4.78, 5) is 23.3. The molecule has 0 saturated heterocycles. The van der Waals surface area contributed by atoms with Crippen LogP contribution in [0.4, 0.5) is 0 Å². The molecule has 1 unspecified atom stereocenters. The minimum absolute atomic E-state index is 0.0114. The van der Waals surface area contributed by atoms with Gasteiger partial charge in [0, 0.05) is 11.8 Å². The Morgan fingerprint density at radius 2 is 2.00 bits per heavy atom. The fourth-order valence-electron chi connectivity index (χ4n) is 1.52. The van der Waals surface area contributed by atoms with Crippen LogP contribution in [0.2, 0.25) is 0 Å². The number of nitrogens with one attached hydrogen (secondary N) is 2. The van der Waals surface area contributed by atoms with Crippen LogP contribution in [-0.4, -0.2) is 48.6 Å². The molecular formula is C13H26N2O3S. The van der Waals surface area contributed by atoms with E-state index in [9.17, 15) is 9.59 Å². The molecule has 0 bridgehead atoms. The SMILES string of the molecule is CCCNC(C)(CSCC(=O)NC(C)C)C(=O)OC. The topological polar surface area (TPSA) is 67.4 Å². The van der Waals surface area contributed by atoms with Crippen LogP contribution in [0.3, 0.4) is 0 Å². The summed E-state index contributed by atoms with van der Waals surface area (Å²) in [6, 6.07) is 0.137. The molecule has 6 heteroatoms. The summed E-state index contributed by atoms with van der Waals surface area (Å²) in [6.07, 6.45) is 0.936. The van der Waals surface area contributed by atoms with Crippen molar-refractivity contribution in [3.8, 4) is 0 Å². The molecule has 1 atom stereocenters. The van der Waals surface area contributed by atoms with E-state index >= 15 is 0 Å². The summed E-state index contributed by atoms with van der Waals surface area (Å²) in [6.45, 7) is 8.42. The molecule has 0 heterocycles. The van der Waals surface area contributed by atoms with Gasteiger partial charge in [0.05, 0.1) is 12.9 Å². The molecule has 0 saturated carbocycles. The van der Waals surface area contributed by atoms with E-state index in [1.807, 2.05) is 27.7 Å². The van der Waals surface area contributed by atoms with Crippen molar-refractivity contribution in [2.24, 2.45) is 0 Å².